The van der Waals surface area contributed by atoms with Crippen LogP contribution in [0.15, 0.2) is 12.2 Å². The zero-order valence-corrected chi connectivity index (χ0v) is 4.23. The second-order valence-corrected chi connectivity index (χ2v) is 0.981. The summed E-state index contributed by atoms with van der Waals surface area (Å²) in [7, 11) is 3.84. The number of nitrogens with one attached hydrogen (secondary N) is 1. The first-order chi connectivity index (χ1) is 2.91. The normalized spacial score (nSPS) is 9.00. The molecule has 0 aromatic rings. The lowest BCUT2D eigenvalue weighted by molar-refractivity contribution is 1.11. The smallest absolute Gasteiger partial charge is 0.139 e. The van der Waals surface area contributed by atoms with Crippen LogP contribution in [0.4, 0.5) is 0 Å². The fourth-order valence-electron chi connectivity index (χ4n) is 0.192. The molecule has 0 spiro atoms. The van der Waals surface area contributed by atoms with Gasteiger partial charge >= 0.3 is 0 Å². The lowest BCUT2D eigenvalue weighted by Gasteiger charge is -1.78. The molecule has 0 atom stereocenters. The molecule has 0 aromatic heterocycles. The third kappa shape index (κ3) is 3.60. The van der Waals surface area contributed by atoms with E-state index in [1.807, 2.05) is 33.3 Å². The summed E-state index contributed by atoms with van der Waals surface area (Å²) in [4.78, 5) is 0. The second kappa shape index (κ2) is 4.60. The average Bonchev–Trinajstić information content (AvgIpc) is 1.61. The number of hydrogen-bond acceptors (Lipinski definition) is 1. The van der Waals surface area contributed by atoms with Gasteiger partial charge in [0.1, 0.15) is 7.28 Å². The van der Waals surface area contributed by atoms with Gasteiger partial charge in [-0.25, -0.2) is 0 Å². The van der Waals surface area contributed by atoms with Crippen molar-refractivity contribution in [3.05, 3.63) is 12.2 Å². The van der Waals surface area contributed by atoms with Crippen molar-refractivity contribution in [3.8, 4) is 0 Å². The summed E-state index contributed by atoms with van der Waals surface area (Å²) in [6.45, 7) is 1.98. The maximum Gasteiger partial charge on any atom is 0.139 e. The molecule has 33 valence electrons. The molecule has 0 aliphatic carbocycles. The van der Waals surface area contributed by atoms with Crippen LogP contribution in [0, 0.1) is 0 Å². The first-order valence-corrected chi connectivity index (χ1v) is 2.03. The van der Waals surface area contributed by atoms with Crippen molar-refractivity contribution in [2.75, 3.05) is 7.05 Å². The van der Waals surface area contributed by atoms with Crippen LogP contribution in [0.25, 0.3) is 0 Å². The van der Waals surface area contributed by atoms with E-state index in [-0.39, 0.29) is 0 Å². The highest BCUT2D eigenvalue weighted by Crippen LogP contribution is 1.58. The van der Waals surface area contributed by atoms with Crippen LogP contribution in [-0.4, -0.2) is 14.3 Å². The van der Waals surface area contributed by atoms with Gasteiger partial charge in [-0.2, -0.15) is 0 Å². The maximum atomic E-state index is 2.86. The van der Waals surface area contributed by atoms with Gasteiger partial charge in [0.15, 0.2) is 0 Å². The first kappa shape index (κ1) is 5.60. The zero-order valence-electron chi connectivity index (χ0n) is 4.23. The van der Waals surface area contributed by atoms with Gasteiger partial charge in [0, 0.05) is 7.05 Å². The van der Waals surface area contributed by atoms with Gasteiger partial charge in [0.05, 0.1) is 0 Å². The molecule has 1 N–H and O–H groups in total. The summed E-state index contributed by atoms with van der Waals surface area (Å²) in [6, 6.07) is 0. The first-order valence-electron chi connectivity index (χ1n) is 2.03. The van der Waals surface area contributed by atoms with Crippen molar-refractivity contribution in [3.63, 3.8) is 0 Å². The molecule has 0 bridgehead atoms. The molecule has 0 amide bonds. The molecular weight excluding hydrogens is 72.9 g/mol. The minimum atomic E-state index is 1.88. The summed E-state index contributed by atoms with van der Waals surface area (Å²) in [5.74, 6) is 1.94. The van der Waals surface area contributed by atoms with E-state index in [4.69, 9.17) is 0 Å². The van der Waals surface area contributed by atoms with E-state index < -0.39 is 0 Å². The van der Waals surface area contributed by atoms with E-state index in [2.05, 4.69) is 5.32 Å². The molecule has 6 heavy (non-hydrogen) atoms. The predicted octanol–water partition coefficient (Wildman–Crippen LogP) is 0.429. The summed E-state index contributed by atoms with van der Waals surface area (Å²) in [5, 5.41) is 2.86. The van der Waals surface area contributed by atoms with Crippen molar-refractivity contribution in [1.29, 1.82) is 0 Å². The Morgan fingerprint density at radius 3 is 2.50 bits per heavy atom. The highest BCUT2D eigenvalue weighted by Gasteiger charge is 1.60. The van der Waals surface area contributed by atoms with Gasteiger partial charge in [0.2, 0.25) is 0 Å². The van der Waals surface area contributed by atoms with E-state index in [1.165, 1.54) is 0 Å². The maximum absolute atomic E-state index is 2.86. The minimum absolute atomic E-state index is 1.88. The highest BCUT2D eigenvalue weighted by atomic mass is 14.8. The highest BCUT2D eigenvalue weighted by molar-refractivity contribution is 6.40. The lowest BCUT2D eigenvalue weighted by atomic mass is 9.83. The number of hydrogen-bond donors (Lipinski definition) is 1. The van der Waals surface area contributed by atoms with E-state index in [0.717, 1.165) is 0 Å². The minimum Gasteiger partial charge on any atom is -0.395 e. The van der Waals surface area contributed by atoms with Crippen molar-refractivity contribution in [1.82, 2.24) is 5.32 Å². The summed E-state index contributed by atoms with van der Waals surface area (Å²) >= 11 is 0. The van der Waals surface area contributed by atoms with Gasteiger partial charge in [-0.15, -0.1) is 5.98 Å². The Labute approximate surface area is 39.7 Å². The molecule has 0 rings (SSSR count). The van der Waals surface area contributed by atoms with Crippen LogP contribution >= 0.6 is 0 Å². The van der Waals surface area contributed by atoms with Crippen LogP contribution in [0.1, 0.15) is 0 Å². The standard InChI is InChI=1S/C4H9BN/c1-5-3-4-6-2/h3-4,6H,1-2H3/b4-3-. The largest absolute Gasteiger partial charge is 0.395 e. The molecule has 0 heterocycles. The van der Waals surface area contributed by atoms with Crippen molar-refractivity contribution < 1.29 is 0 Å². The third-order valence-corrected chi connectivity index (χ3v) is 0.455. The van der Waals surface area contributed by atoms with Gasteiger partial charge in [0.25, 0.3) is 0 Å². The monoisotopic (exact) mass is 82.1 g/mol. The Hall–Kier alpha value is -0.395. The van der Waals surface area contributed by atoms with Gasteiger partial charge in [-0.1, -0.05) is 6.82 Å². The predicted molar refractivity (Wildman–Crippen MR) is 29.8 cm³/mol. The van der Waals surface area contributed by atoms with E-state index in [9.17, 15) is 0 Å². The zero-order chi connectivity index (χ0) is 4.83. The summed E-state index contributed by atoms with van der Waals surface area (Å²) in [6.07, 6.45) is 1.88. The van der Waals surface area contributed by atoms with Crippen molar-refractivity contribution in [2.24, 2.45) is 0 Å². The molecule has 1 radical (unpaired) electrons. The molecule has 2 heteroatoms. The van der Waals surface area contributed by atoms with Crippen LogP contribution < -0.4 is 5.32 Å². The SMILES string of the molecule is C[B]/C=C\NC. The molecule has 0 saturated heterocycles. The fraction of sp³-hybridized carbons (Fsp3) is 0.500. The van der Waals surface area contributed by atoms with E-state index in [0.29, 0.717) is 0 Å². The van der Waals surface area contributed by atoms with Gasteiger partial charge in [-0.05, 0) is 6.20 Å². The lowest BCUT2D eigenvalue weighted by Crippen LogP contribution is -1.91. The van der Waals surface area contributed by atoms with Crippen LogP contribution in [0.3, 0.4) is 0 Å². The average molecular weight is 81.9 g/mol. The van der Waals surface area contributed by atoms with Gasteiger partial charge in [-0.3, -0.25) is 0 Å². The van der Waals surface area contributed by atoms with Crippen molar-refractivity contribution in [2.45, 2.75) is 6.82 Å². The van der Waals surface area contributed by atoms with E-state index in [1.54, 1.807) is 0 Å². The molecular formula is C4H9BN. The molecule has 0 aliphatic rings. The molecule has 0 saturated carbocycles. The summed E-state index contributed by atoms with van der Waals surface area (Å²) in [5.41, 5.74) is 0. The Morgan fingerprint density at radius 2 is 2.33 bits per heavy atom. The van der Waals surface area contributed by atoms with E-state index >= 15 is 0 Å². The van der Waals surface area contributed by atoms with Gasteiger partial charge < -0.3 is 5.32 Å². The van der Waals surface area contributed by atoms with Crippen LogP contribution in [0.5, 0.6) is 0 Å². The molecule has 0 aliphatic heterocycles. The molecule has 0 fully saturated rings. The Morgan fingerprint density at radius 1 is 1.67 bits per heavy atom. The Balaban J connectivity index is 2.73. The fourth-order valence-corrected chi connectivity index (χ4v) is 0.192. The quantitative estimate of drug-likeness (QED) is 0.476. The molecule has 0 aromatic carbocycles. The van der Waals surface area contributed by atoms with Crippen LogP contribution in [-0.2, 0) is 0 Å². The molecule has 0 unspecified atom stereocenters. The van der Waals surface area contributed by atoms with Crippen molar-refractivity contribution >= 4 is 7.28 Å². The third-order valence-electron chi connectivity index (χ3n) is 0.455. The second-order valence-electron chi connectivity index (χ2n) is 0.981. The summed E-state index contributed by atoms with van der Waals surface area (Å²) < 4.78 is 0. The van der Waals surface area contributed by atoms with Crippen LogP contribution in [0.2, 0.25) is 6.82 Å². The Kier molecular flexibility index (Phi) is 4.30. The topological polar surface area (TPSA) is 12.0 Å². The number of rotatable bonds is 2. The Bertz CT molecular complexity index is 36.8. The molecule has 1 nitrogen and oxygen atoms in total.